The molecule has 3 N–H and O–H groups in total. The molecule has 0 saturated carbocycles. The van der Waals surface area contributed by atoms with E-state index < -0.39 is 42.0 Å². The summed E-state index contributed by atoms with van der Waals surface area (Å²) >= 11 is 0. The molecular formula is C28H33N3O8. The van der Waals surface area contributed by atoms with Crippen molar-refractivity contribution >= 4 is 24.2 Å². The molecule has 11 nitrogen and oxygen atoms in total. The quantitative estimate of drug-likeness (QED) is 0.357. The van der Waals surface area contributed by atoms with Crippen molar-refractivity contribution in [2.75, 3.05) is 26.2 Å². The lowest BCUT2D eigenvalue weighted by molar-refractivity contribution is -0.141. The van der Waals surface area contributed by atoms with E-state index in [4.69, 9.17) is 14.2 Å². The Balaban J connectivity index is 1.28. The van der Waals surface area contributed by atoms with Gasteiger partial charge in [-0.05, 0) is 43.0 Å². The predicted molar refractivity (Wildman–Crippen MR) is 140 cm³/mol. The largest absolute Gasteiger partial charge is 0.480 e. The predicted octanol–water partition coefficient (Wildman–Crippen LogP) is 3.71. The Morgan fingerprint density at radius 1 is 0.923 bits per heavy atom. The Morgan fingerprint density at radius 3 is 2.05 bits per heavy atom. The number of ether oxygens (including phenoxy) is 3. The number of nitrogens with zero attached hydrogens (tertiary/aromatic N) is 1. The van der Waals surface area contributed by atoms with Gasteiger partial charge < -0.3 is 30.0 Å². The van der Waals surface area contributed by atoms with Crippen molar-refractivity contribution in [2.24, 2.45) is 0 Å². The Labute approximate surface area is 226 Å². The number of alkyl carbamates (subject to hydrolysis) is 2. The van der Waals surface area contributed by atoms with Gasteiger partial charge in [-0.3, -0.25) is 4.90 Å². The summed E-state index contributed by atoms with van der Waals surface area (Å²) in [4.78, 5) is 49.8. The first-order valence-electron chi connectivity index (χ1n) is 12.8. The van der Waals surface area contributed by atoms with Gasteiger partial charge in [0.1, 0.15) is 24.4 Å². The van der Waals surface area contributed by atoms with E-state index in [1.807, 2.05) is 48.5 Å². The molecule has 0 spiro atoms. The highest BCUT2D eigenvalue weighted by molar-refractivity contribution is 5.82. The van der Waals surface area contributed by atoms with Gasteiger partial charge in [-0.25, -0.2) is 19.2 Å². The molecule has 0 unspecified atom stereocenters. The van der Waals surface area contributed by atoms with Crippen LogP contribution in [0.1, 0.15) is 44.2 Å². The smallest absolute Gasteiger partial charge is 0.410 e. The van der Waals surface area contributed by atoms with Crippen LogP contribution in [0.25, 0.3) is 11.1 Å². The molecule has 3 amide bonds. The lowest BCUT2D eigenvalue weighted by Gasteiger charge is -2.22. The molecule has 2 atom stereocenters. The molecule has 11 heteroatoms. The molecule has 2 aromatic carbocycles. The first kappa shape index (κ1) is 27.7. The zero-order valence-electron chi connectivity index (χ0n) is 22.1. The van der Waals surface area contributed by atoms with Crippen LogP contribution in [0.4, 0.5) is 14.4 Å². The molecule has 2 aliphatic rings. The zero-order chi connectivity index (χ0) is 28.2. The number of rotatable bonds is 7. The summed E-state index contributed by atoms with van der Waals surface area (Å²) in [5.41, 5.74) is 3.61. The number of carbonyl (C=O) groups is 4. The van der Waals surface area contributed by atoms with Crippen molar-refractivity contribution in [3.63, 3.8) is 0 Å². The number of likely N-dealkylation sites (tertiary alicyclic amines) is 1. The maximum Gasteiger partial charge on any atom is 0.410 e. The van der Waals surface area contributed by atoms with E-state index in [0.717, 1.165) is 27.2 Å². The summed E-state index contributed by atoms with van der Waals surface area (Å²) in [5, 5.41) is 14.7. The summed E-state index contributed by atoms with van der Waals surface area (Å²) in [6, 6.07) is 14.6. The molecule has 208 valence electrons. The van der Waals surface area contributed by atoms with Crippen molar-refractivity contribution in [1.29, 1.82) is 0 Å². The number of amides is 3. The Hall–Kier alpha value is -4.28. The number of fused-ring (bicyclic) bond motifs is 3. The molecule has 1 aliphatic carbocycles. The molecule has 0 bridgehead atoms. The number of nitrogens with one attached hydrogen (secondary N) is 2. The van der Waals surface area contributed by atoms with E-state index in [-0.39, 0.29) is 38.6 Å². The topological polar surface area (TPSA) is 144 Å². The number of aliphatic carboxylic acids is 1. The van der Waals surface area contributed by atoms with Gasteiger partial charge in [-0.15, -0.1) is 0 Å². The third-order valence-electron chi connectivity index (χ3n) is 6.45. The minimum atomic E-state index is -1.21. The van der Waals surface area contributed by atoms with E-state index in [1.54, 1.807) is 20.8 Å². The Morgan fingerprint density at radius 2 is 1.49 bits per heavy atom. The van der Waals surface area contributed by atoms with Gasteiger partial charge in [0.15, 0.2) is 0 Å². The highest BCUT2D eigenvalue weighted by atomic mass is 16.6. The third-order valence-corrected chi connectivity index (χ3v) is 6.45. The van der Waals surface area contributed by atoms with Crippen molar-refractivity contribution in [3.05, 3.63) is 59.7 Å². The maximum atomic E-state index is 13.0. The van der Waals surface area contributed by atoms with Gasteiger partial charge in [0.25, 0.3) is 0 Å². The van der Waals surface area contributed by atoms with Crippen LogP contribution in [0, 0.1) is 0 Å². The zero-order valence-corrected chi connectivity index (χ0v) is 22.1. The number of hydrogen-bond donors (Lipinski definition) is 3. The molecule has 4 rings (SSSR count). The van der Waals surface area contributed by atoms with Crippen LogP contribution in [0.3, 0.4) is 0 Å². The third kappa shape index (κ3) is 6.78. The summed E-state index contributed by atoms with van der Waals surface area (Å²) < 4.78 is 16.0. The molecule has 1 fully saturated rings. The van der Waals surface area contributed by atoms with E-state index in [2.05, 4.69) is 10.6 Å². The van der Waals surface area contributed by atoms with Gasteiger partial charge in [-0.1, -0.05) is 48.5 Å². The average Bonchev–Trinajstić information content (AvgIpc) is 3.44. The molecular weight excluding hydrogens is 506 g/mol. The monoisotopic (exact) mass is 539 g/mol. The first-order chi connectivity index (χ1) is 18.5. The standard InChI is InChI=1S/C28H33N3O8/c1-28(2,3)39-26(35)30-13-12-29-25(34)38-17-14-23(24(32)33)31(15-17)27(36)37-16-22-20-10-6-4-8-18(20)19-9-5-7-11-21(19)22/h4-11,17,22-23H,12-16H2,1-3H3,(H,29,34)(H,30,35)(H,32,33)/t17-,23-/m0/s1. The molecule has 1 heterocycles. The van der Waals surface area contributed by atoms with Crippen LogP contribution in [-0.4, -0.2) is 78.2 Å². The second kappa shape index (κ2) is 11.6. The van der Waals surface area contributed by atoms with Gasteiger partial charge in [0.05, 0.1) is 6.54 Å². The van der Waals surface area contributed by atoms with Gasteiger partial charge in [0.2, 0.25) is 0 Å². The van der Waals surface area contributed by atoms with E-state index in [9.17, 15) is 24.3 Å². The fraction of sp³-hybridized carbons (Fsp3) is 0.429. The highest BCUT2D eigenvalue weighted by Gasteiger charge is 2.43. The van der Waals surface area contributed by atoms with E-state index in [1.165, 1.54) is 0 Å². The lowest BCUT2D eigenvalue weighted by Crippen LogP contribution is -2.41. The average molecular weight is 540 g/mol. The van der Waals surface area contributed by atoms with Crippen molar-refractivity contribution < 1.29 is 38.5 Å². The minimum absolute atomic E-state index is 0.0480. The van der Waals surface area contributed by atoms with Crippen LogP contribution < -0.4 is 10.6 Å². The lowest BCUT2D eigenvalue weighted by atomic mass is 9.98. The normalized spacial score (nSPS) is 18.1. The van der Waals surface area contributed by atoms with Crippen LogP contribution in [0.2, 0.25) is 0 Å². The Bertz CT molecular complexity index is 1200. The summed E-state index contributed by atoms with van der Waals surface area (Å²) in [5.74, 6) is -1.38. The second-order valence-electron chi connectivity index (χ2n) is 10.4. The summed E-state index contributed by atoms with van der Waals surface area (Å²) in [6.07, 6.45) is -3.08. The molecule has 0 radical (unpaired) electrons. The minimum Gasteiger partial charge on any atom is -0.480 e. The first-order valence-corrected chi connectivity index (χ1v) is 12.8. The van der Waals surface area contributed by atoms with Crippen LogP contribution in [0.15, 0.2) is 48.5 Å². The highest BCUT2D eigenvalue weighted by Crippen LogP contribution is 2.44. The molecule has 39 heavy (non-hydrogen) atoms. The van der Waals surface area contributed by atoms with Crippen LogP contribution >= 0.6 is 0 Å². The van der Waals surface area contributed by atoms with Gasteiger partial charge in [0, 0.05) is 25.4 Å². The van der Waals surface area contributed by atoms with Crippen molar-refractivity contribution in [1.82, 2.24) is 15.5 Å². The number of benzene rings is 2. The second-order valence-corrected chi connectivity index (χ2v) is 10.4. The van der Waals surface area contributed by atoms with Crippen LogP contribution in [-0.2, 0) is 19.0 Å². The van der Waals surface area contributed by atoms with Crippen molar-refractivity contribution in [3.8, 4) is 11.1 Å². The molecule has 0 aromatic heterocycles. The van der Waals surface area contributed by atoms with E-state index in [0.29, 0.717) is 0 Å². The van der Waals surface area contributed by atoms with Crippen LogP contribution in [0.5, 0.6) is 0 Å². The SMILES string of the molecule is CC(C)(C)OC(=O)NCCNC(=O)O[C@H]1C[C@@H](C(=O)O)N(C(=O)OCC2c3ccccc3-c3ccccc32)C1. The number of carboxylic acids is 1. The number of carbonyl (C=O) groups excluding carboxylic acids is 3. The van der Waals surface area contributed by atoms with Gasteiger partial charge in [-0.2, -0.15) is 0 Å². The summed E-state index contributed by atoms with van der Waals surface area (Å²) in [7, 11) is 0. The van der Waals surface area contributed by atoms with Gasteiger partial charge >= 0.3 is 24.2 Å². The molecule has 1 aliphatic heterocycles. The number of hydrogen-bond acceptors (Lipinski definition) is 7. The maximum absolute atomic E-state index is 13.0. The fourth-order valence-electron chi connectivity index (χ4n) is 4.83. The Kier molecular flexibility index (Phi) is 8.27. The fourth-order valence-corrected chi connectivity index (χ4v) is 4.83. The van der Waals surface area contributed by atoms with Crippen molar-refractivity contribution in [2.45, 2.75) is 50.9 Å². The summed E-state index contributed by atoms with van der Waals surface area (Å²) in [6.45, 7) is 5.32. The van der Waals surface area contributed by atoms with E-state index >= 15 is 0 Å². The number of carboxylic acid groups (broad SMARTS) is 1. The molecule has 1 saturated heterocycles. The molecule has 2 aromatic rings.